The fourth-order valence-corrected chi connectivity index (χ4v) is 3.02. The summed E-state index contributed by atoms with van der Waals surface area (Å²) in [7, 11) is 0. The highest BCUT2D eigenvalue weighted by Gasteiger charge is 2.10. The molecule has 1 aromatic heterocycles. The van der Waals surface area contributed by atoms with Crippen LogP contribution >= 0.6 is 23.4 Å². The Bertz CT molecular complexity index is 840. The van der Waals surface area contributed by atoms with Gasteiger partial charge in [0.05, 0.1) is 17.3 Å². The second-order valence-electron chi connectivity index (χ2n) is 4.41. The van der Waals surface area contributed by atoms with Gasteiger partial charge < -0.3 is 0 Å². The number of aromatic nitrogens is 4. The normalized spacial score (nSPS) is 10.4. The SMILES string of the molecule is N#Cc1ccccc1CSc1nnnn1-c1cccc(Cl)c1. The topological polar surface area (TPSA) is 67.4 Å². The van der Waals surface area contributed by atoms with Crippen LogP contribution in [0.1, 0.15) is 11.1 Å². The fourth-order valence-electron chi connectivity index (χ4n) is 1.94. The van der Waals surface area contributed by atoms with Crippen molar-refractivity contribution in [1.82, 2.24) is 20.2 Å². The zero-order chi connectivity index (χ0) is 15.4. The Kier molecular flexibility index (Phi) is 4.37. The monoisotopic (exact) mass is 327 g/mol. The second kappa shape index (κ2) is 6.60. The molecule has 2 aromatic carbocycles. The molecular formula is C15H10ClN5S. The van der Waals surface area contributed by atoms with Gasteiger partial charge in [0.15, 0.2) is 0 Å². The summed E-state index contributed by atoms with van der Waals surface area (Å²) in [6.45, 7) is 0. The summed E-state index contributed by atoms with van der Waals surface area (Å²) in [4.78, 5) is 0. The van der Waals surface area contributed by atoms with Crippen molar-refractivity contribution < 1.29 is 0 Å². The van der Waals surface area contributed by atoms with Crippen LogP contribution in [0.5, 0.6) is 0 Å². The summed E-state index contributed by atoms with van der Waals surface area (Å²) in [5, 5.41) is 22.1. The van der Waals surface area contributed by atoms with Crippen molar-refractivity contribution in [2.24, 2.45) is 0 Å². The average Bonchev–Trinajstić information content (AvgIpc) is 3.01. The molecule has 108 valence electrons. The van der Waals surface area contributed by atoms with Crippen molar-refractivity contribution >= 4 is 23.4 Å². The zero-order valence-electron chi connectivity index (χ0n) is 11.3. The van der Waals surface area contributed by atoms with Gasteiger partial charge in [-0.05, 0) is 40.3 Å². The maximum Gasteiger partial charge on any atom is 0.214 e. The van der Waals surface area contributed by atoms with Crippen LogP contribution in [0.3, 0.4) is 0 Å². The maximum atomic E-state index is 9.12. The third kappa shape index (κ3) is 3.11. The van der Waals surface area contributed by atoms with Crippen molar-refractivity contribution in [1.29, 1.82) is 5.26 Å². The molecular weight excluding hydrogens is 318 g/mol. The molecule has 0 fully saturated rings. The molecule has 7 heteroatoms. The lowest BCUT2D eigenvalue weighted by Gasteiger charge is -2.05. The first kappa shape index (κ1) is 14.6. The zero-order valence-corrected chi connectivity index (χ0v) is 12.9. The summed E-state index contributed by atoms with van der Waals surface area (Å²) < 4.78 is 1.63. The van der Waals surface area contributed by atoms with Crippen LogP contribution < -0.4 is 0 Å². The minimum atomic E-state index is 0.616. The summed E-state index contributed by atoms with van der Waals surface area (Å²) in [5.74, 6) is 0.616. The highest BCUT2D eigenvalue weighted by Crippen LogP contribution is 2.24. The van der Waals surface area contributed by atoms with Crippen LogP contribution in [-0.4, -0.2) is 20.2 Å². The van der Waals surface area contributed by atoms with Gasteiger partial charge in [0.25, 0.3) is 0 Å². The Morgan fingerprint density at radius 1 is 1.18 bits per heavy atom. The Morgan fingerprint density at radius 3 is 2.86 bits per heavy atom. The summed E-state index contributed by atoms with van der Waals surface area (Å²) >= 11 is 7.47. The molecule has 22 heavy (non-hydrogen) atoms. The minimum Gasteiger partial charge on any atom is -0.192 e. The standard InChI is InChI=1S/C15H10ClN5S/c16-13-6-3-7-14(8-13)21-15(18-19-20-21)22-10-12-5-2-1-4-11(12)9-17/h1-8H,10H2. The number of hydrogen-bond donors (Lipinski definition) is 0. The molecule has 0 saturated carbocycles. The molecule has 1 heterocycles. The fraction of sp³-hybridized carbons (Fsp3) is 0.0667. The van der Waals surface area contributed by atoms with E-state index in [1.807, 2.05) is 30.3 Å². The lowest BCUT2D eigenvalue weighted by Crippen LogP contribution is -1.99. The molecule has 3 aromatic rings. The lowest BCUT2D eigenvalue weighted by molar-refractivity contribution is 0.756. The molecule has 0 unspecified atom stereocenters. The van der Waals surface area contributed by atoms with Crippen LogP contribution in [0.2, 0.25) is 5.02 Å². The molecule has 0 aliphatic rings. The number of thioether (sulfide) groups is 1. The highest BCUT2D eigenvalue weighted by molar-refractivity contribution is 7.98. The number of halogens is 1. The van der Waals surface area contributed by atoms with Crippen LogP contribution in [-0.2, 0) is 5.75 Å². The van der Waals surface area contributed by atoms with Gasteiger partial charge in [-0.25, -0.2) is 0 Å². The molecule has 3 rings (SSSR count). The van der Waals surface area contributed by atoms with Crippen molar-refractivity contribution in [2.45, 2.75) is 10.9 Å². The van der Waals surface area contributed by atoms with E-state index in [1.165, 1.54) is 11.8 Å². The highest BCUT2D eigenvalue weighted by atomic mass is 35.5. The largest absolute Gasteiger partial charge is 0.214 e. The van der Waals surface area contributed by atoms with Gasteiger partial charge in [-0.1, -0.05) is 47.6 Å². The molecule has 0 atom stereocenters. The number of hydrogen-bond acceptors (Lipinski definition) is 5. The Labute approximate surface area is 136 Å². The first-order valence-electron chi connectivity index (χ1n) is 6.43. The lowest BCUT2D eigenvalue weighted by atomic mass is 10.1. The summed E-state index contributed by atoms with van der Waals surface area (Å²) in [6, 6.07) is 17.0. The molecule has 0 N–H and O–H groups in total. The predicted molar refractivity (Wildman–Crippen MR) is 84.9 cm³/mol. The van der Waals surface area contributed by atoms with E-state index >= 15 is 0 Å². The van der Waals surface area contributed by atoms with Gasteiger partial charge in [0.1, 0.15) is 0 Å². The smallest absolute Gasteiger partial charge is 0.192 e. The van der Waals surface area contributed by atoms with Crippen molar-refractivity contribution in [3.8, 4) is 11.8 Å². The molecule has 0 amide bonds. The van der Waals surface area contributed by atoms with Crippen molar-refractivity contribution in [2.75, 3.05) is 0 Å². The quantitative estimate of drug-likeness (QED) is 0.686. The van der Waals surface area contributed by atoms with E-state index in [1.54, 1.807) is 22.9 Å². The summed E-state index contributed by atoms with van der Waals surface area (Å²) in [5.41, 5.74) is 2.42. The third-order valence-electron chi connectivity index (χ3n) is 2.99. The Hall–Kier alpha value is -2.36. The molecule has 5 nitrogen and oxygen atoms in total. The van der Waals surface area contributed by atoms with E-state index in [9.17, 15) is 0 Å². The van der Waals surface area contributed by atoms with Crippen LogP contribution in [0.25, 0.3) is 5.69 Å². The van der Waals surface area contributed by atoms with Crippen molar-refractivity contribution in [3.05, 3.63) is 64.7 Å². The van der Waals surface area contributed by atoms with Crippen LogP contribution in [0.15, 0.2) is 53.7 Å². The number of nitrogens with zero attached hydrogens (tertiary/aromatic N) is 5. The predicted octanol–water partition coefficient (Wildman–Crippen LogP) is 3.48. The summed E-state index contributed by atoms with van der Waals surface area (Å²) in [6.07, 6.45) is 0. The van der Waals surface area contributed by atoms with E-state index in [-0.39, 0.29) is 0 Å². The van der Waals surface area contributed by atoms with Gasteiger partial charge in [-0.15, -0.1) is 5.10 Å². The average molecular weight is 328 g/mol. The second-order valence-corrected chi connectivity index (χ2v) is 5.79. The van der Waals surface area contributed by atoms with E-state index in [4.69, 9.17) is 16.9 Å². The van der Waals surface area contributed by atoms with Gasteiger partial charge in [-0.2, -0.15) is 9.94 Å². The first-order chi connectivity index (χ1) is 10.8. The minimum absolute atomic E-state index is 0.616. The van der Waals surface area contributed by atoms with Gasteiger partial charge in [-0.3, -0.25) is 0 Å². The van der Waals surface area contributed by atoms with Gasteiger partial charge in [0, 0.05) is 10.8 Å². The maximum absolute atomic E-state index is 9.12. The van der Waals surface area contributed by atoms with E-state index in [0.717, 1.165) is 11.3 Å². The van der Waals surface area contributed by atoms with Gasteiger partial charge in [0.2, 0.25) is 5.16 Å². The molecule has 0 radical (unpaired) electrons. The first-order valence-corrected chi connectivity index (χ1v) is 7.79. The molecule has 0 aliphatic carbocycles. The third-order valence-corrected chi connectivity index (χ3v) is 4.19. The molecule has 0 saturated heterocycles. The Balaban J connectivity index is 1.83. The van der Waals surface area contributed by atoms with E-state index in [2.05, 4.69) is 21.6 Å². The number of nitriles is 1. The van der Waals surface area contributed by atoms with Gasteiger partial charge >= 0.3 is 0 Å². The van der Waals surface area contributed by atoms with Crippen LogP contribution in [0, 0.1) is 11.3 Å². The van der Waals surface area contributed by atoms with E-state index < -0.39 is 0 Å². The molecule has 0 aliphatic heterocycles. The molecule has 0 bridgehead atoms. The van der Waals surface area contributed by atoms with Crippen LogP contribution in [0.4, 0.5) is 0 Å². The number of tetrazole rings is 1. The molecule has 0 spiro atoms. The number of benzene rings is 2. The Morgan fingerprint density at radius 2 is 2.05 bits per heavy atom. The van der Waals surface area contributed by atoms with E-state index in [0.29, 0.717) is 21.5 Å². The number of rotatable bonds is 4. The van der Waals surface area contributed by atoms with Crippen molar-refractivity contribution in [3.63, 3.8) is 0 Å².